The maximum Gasteiger partial charge on any atom is 0.317 e. The molecule has 9 heteroatoms. The molecule has 7 nitrogen and oxygen atoms in total. The minimum atomic E-state index is -3.85. The molecule has 1 aromatic carbocycles. The molecule has 2 heterocycles. The molecule has 0 aromatic heterocycles. The third-order valence-electron chi connectivity index (χ3n) is 4.74. The third kappa shape index (κ3) is 4.19. The number of hydrogen-bond donors (Lipinski definition) is 1. The van der Waals surface area contributed by atoms with Gasteiger partial charge < -0.3 is 15.1 Å². The number of urea groups is 1. The van der Waals surface area contributed by atoms with Crippen LogP contribution in [0.2, 0.25) is 0 Å². The normalized spacial score (nSPS) is 19.7. The molecule has 2 amide bonds. The summed E-state index contributed by atoms with van der Waals surface area (Å²) in [4.78, 5) is 16.0. The number of sulfonamides is 1. The molecule has 0 saturated carbocycles. The van der Waals surface area contributed by atoms with Gasteiger partial charge in [-0.25, -0.2) is 9.18 Å². The largest absolute Gasteiger partial charge is 0.354 e. The van der Waals surface area contributed by atoms with E-state index in [0.29, 0.717) is 49.6 Å². The van der Waals surface area contributed by atoms with Crippen LogP contribution >= 0.6 is 0 Å². The minimum Gasteiger partial charge on any atom is -0.354 e. The Balaban J connectivity index is 1.82. The lowest BCUT2D eigenvalue weighted by atomic mass is 10.1. The standard InChI is InChI=1S/C19H25FN4O3S/c1-13(2)21-19(25)24-10-4-9-23(11-12-24)18-14(3)17(28(26,27)22-18)15-5-7-16(20)8-6-15/h5-8,13H,4,9-12H2,1-3H3,(H,21,25). The fourth-order valence-corrected chi connectivity index (χ4v) is 4.94. The van der Waals surface area contributed by atoms with Crippen LogP contribution in [0, 0.1) is 5.82 Å². The van der Waals surface area contributed by atoms with Crippen molar-refractivity contribution in [2.75, 3.05) is 26.2 Å². The van der Waals surface area contributed by atoms with E-state index in [4.69, 9.17) is 0 Å². The lowest BCUT2D eigenvalue weighted by molar-refractivity contribution is 0.198. The molecule has 0 bridgehead atoms. The van der Waals surface area contributed by atoms with E-state index in [1.165, 1.54) is 24.3 Å². The van der Waals surface area contributed by atoms with Gasteiger partial charge >= 0.3 is 6.03 Å². The molecule has 152 valence electrons. The lowest BCUT2D eigenvalue weighted by Crippen LogP contribution is -2.44. The van der Waals surface area contributed by atoms with Crippen molar-refractivity contribution in [3.05, 3.63) is 41.2 Å². The van der Waals surface area contributed by atoms with Crippen molar-refractivity contribution in [3.8, 4) is 0 Å². The number of halogens is 1. The first-order chi connectivity index (χ1) is 13.2. The summed E-state index contributed by atoms with van der Waals surface area (Å²) in [6, 6.07) is 5.31. The van der Waals surface area contributed by atoms with Crippen molar-refractivity contribution in [1.29, 1.82) is 0 Å². The molecule has 0 unspecified atom stereocenters. The molecule has 2 aliphatic rings. The highest BCUT2D eigenvalue weighted by molar-refractivity contribution is 8.00. The predicted molar refractivity (Wildman–Crippen MR) is 107 cm³/mol. The quantitative estimate of drug-likeness (QED) is 0.815. The summed E-state index contributed by atoms with van der Waals surface area (Å²) in [5.74, 6) is -0.0173. The fraction of sp³-hybridized carbons (Fsp3) is 0.474. The second-order valence-corrected chi connectivity index (χ2v) is 8.82. The zero-order valence-corrected chi connectivity index (χ0v) is 17.1. The third-order valence-corrected chi connectivity index (χ3v) is 6.21. The lowest BCUT2D eigenvalue weighted by Gasteiger charge is -2.24. The second-order valence-electron chi connectivity index (χ2n) is 7.28. The smallest absolute Gasteiger partial charge is 0.317 e. The molecule has 3 rings (SSSR count). The second kappa shape index (κ2) is 7.90. The van der Waals surface area contributed by atoms with Gasteiger partial charge in [0.25, 0.3) is 10.0 Å². The average molecular weight is 408 g/mol. The van der Waals surface area contributed by atoms with Gasteiger partial charge in [0.05, 0.1) is 0 Å². The van der Waals surface area contributed by atoms with Crippen LogP contribution in [0.3, 0.4) is 0 Å². The zero-order valence-electron chi connectivity index (χ0n) is 16.3. The Morgan fingerprint density at radius 2 is 1.82 bits per heavy atom. The van der Waals surface area contributed by atoms with Crippen LogP contribution in [-0.4, -0.2) is 62.3 Å². The molecular weight excluding hydrogens is 383 g/mol. The number of nitrogens with zero attached hydrogens (tertiary/aromatic N) is 3. The fourth-order valence-electron chi connectivity index (χ4n) is 3.46. The highest BCUT2D eigenvalue weighted by Crippen LogP contribution is 2.33. The van der Waals surface area contributed by atoms with E-state index >= 15 is 0 Å². The van der Waals surface area contributed by atoms with E-state index in [1.807, 2.05) is 18.7 Å². The van der Waals surface area contributed by atoms with E-state index in [-0.39, 0.29) is 17.0 Å². The average Bonchev–Trinajstić information content (AvgIpc) is 2.78. The Kier molecular flexibility index (Phi) is 5.74. The first kappa shape index (κ1) is 20.3. The van der Waals surface area contributed by atoms with Crippen molar-refractivity contribution in [2.24, 2.45) is 4.40 Å². The number of carbonyl (C=O) groups excluding carboxylic acids is 1. The highest BCUT2D eigenvalue weighted by Gasteiger charge is 2.34. The molecule has 1 N–H and O–H groups in total. The topological polar surface area (TPSA) is 82.1 Å². The summed E-state index contributed by atoms with van der Waals surface area (Å²) in [6.07, 6.45) is 0.712. The minimum absolute atomic E-state index is 0.0552. The predicted octanol–water partition coefficient (Wildman–Crippen LogP) is 2.42. The molecule has 0 spiro atoms. The molecule has 1 aromatic rings. The van der Waals surface area contributed by atoms with Crippen molar-refractivity contribution < 1.29 is 17.6 Å². The SMILES string of the molecule is CC1=C(c2ccc(F)cc2)S(=O)(=O)N=C1N1CCCN(C(=O)NC(C)C)CC1. The maximum absolute atomic E-state index is 13.2. The van der Waals surface area contributed by atoms with Crippen molar-refractivity contribution >= 4 is 26.8 Å². The molecular formula is C19H25FN4O3S. The maximum atomic E-state index is 13.2. The monoisotopic (exact) mass is 408 g/mol. The molecule has 0 radical (unpaired) electrons. The summed E-state index contributed by atoms with van der Waals surface area (Å²) < 4.78 is 42.5. The van der Waals surface area contributed by atoms with Gasteiger partial charge in [-0.15, -0.1) is 4.40 Å². The number of carbonyl (C=O) groups is 1. The number of nitrogens with one attached hydrogen (secondary N) is 1. The summed E-state index contributed by atoms with van der Waals surface area (Å²) in [7, 11) is -3.85. The van der Waals surface area contributed by atoms with E-state index in [1.54, 1.807) is 11.8 Å². The Hall–Kier alpha value is -2.42. The van der Waals surface area contributed by atoms with Gasteiger partial charge in [0.2, 0.25) is 0 Å². The molecule has 1 saturated heterocycles. The Bertz CT molecular complexity index is 923. The number of benzene rings is 1. The Morgan fingerprint density at radius 1 is 1.14 bits per heavy atom. The van der Waals surface area contributed by atoms with Crippen molar-refractivity contribution in [3.63, 3.8) is 0 Å². The van der Waals surface area contributed by atoms with Gasteiger partial charge in [0.1, 0.15) is 16.6 Å². The van der Waals surface area contributed by atoms with Gasteiger partial charge in [-0.3, -0.25) is 0 Å². The van der Waals surface area contributed by atoms with Crippen LogP contribution in [0.5, 0.6) is 0 Å². The molecule has 0 aliphatic carbocycles. The Labute approximate surface area is 165 Å². The van der Waals surface area contributed by atoms with Gasteiger partial charge in [0.15, 0.2) is 0 Å². The number of rotatable bonds is 2. The van der Waals surface area contributed by atoms with Crippen LogP contribution in [0.1, 0.15) is 32.8 Å². The highest BCUT2D eigenvalue weighted by atomic mass is 32.2. The molecule has 28 heavy (non-hydrogen) atoms. The van der Waals surface area contributed by atoms with Crippen LogP contribution in [0.15, 0.2) is 34.2 Å². The number of amidine groups is 1. The van der Waals surface area contributed by atoms with Gasteiger partial charge in [-0.05, 0) is 44.9 Å². The van der Waals surface area contributed by atoms with E-state index < -0.39 is 15.8 Å². The van der Waals surface area contributed by atoms with Crippen LogP contribution < -0.4 is 5.32 Å². The van der Waals surface area contributed by atoms with Crippen molar-refractivity contribution in [1.82, 2.24) is 15.1 Å². The molecule has 0 atom stereocenters. The Morgan fingerprint density at radius 3 is 2.46 bits per heavy atom. The van der Waals surface area contributed by atoms with E-state index in [0.717, 1.165) is 0 Å². The first-order valence-corrected chi connectivity index (χ1v) is 10.8. The van der Waals surface area contributed by atoms with Crippen molar-refractivity contribution in [2.45, 2.75) is 33.2 Å². The van der Waals surface area contributed by atoms with Gasteiger partial charge in [-0.2, -0.15) is 8.42 Å². The van der Waals surface area contributed by atoms with Crippen LogP contribution in [0.25, 0.3) is 4.91 Å². The zero-order chi connectivity index (χ0) is 20.5. The van der Waals surface area contributed by atoms with Crippen LogP contribution in [-0.2, 0) is 10.0 Å². The number of amides is 2. The summed E-state index contributed by atoms with van der Waals surface area (Å²) in [5.41, 5.74) is 0.970. The summed E-state index contributed by atoms with van der Waals surface area (Å²) in [5, 5.41) is 2.88. The summed E-state index contributed by atoms with van der Waals surface area (Å²) in [6.45, 7) is 7.72. The van der Waals surface area contributed by atoms with E-state index in [2.05, 4.69) is 9.71 Å². The van der Waals surface area contributed by atoms with E-state index in [9.17, 15) is 17.6 Å². The first-order valence-electron chi connectivity index (χ1n) is 9.31. The molecule has 2 aliphatic heterocycles. The number of hydrogen-bond acceptors (Lipinski definition) is 4. The van der Waals surface area contributed by atoms with Gasteiger partial charge in [0, 0.05) is 37.8 Å². The van der Waals surface area contributed by atoms with Crippen LogP contribution in [0.4, 0.5) is 9.18 Å². The molecule has 1 fully saturated rings. The van der Waals surface area contributed by atoms with Gasteiger partial charge in [-0.1, -0.05) is 12.1 Å². The summed E-state index contributed by atoms with van der Waals surface area (Å²) >= 11 is 0.